The number of esters is 1. The van der Waals surface area contributed by atoms with E-state index in [4.69, 9.17) is 14.5 Å². The molecule has 2 N–H and O–H groups in total. The van der Waals surface area contributed by atoms with Crippen LogP contribution in [0.5, 0.6) is 0 Å². The fourth-order valence-corrected chi connectivity index (χ4v) is 5.14. The average molecular weight is 511 g/mol. The van der Waals surface area contributed by atoms with Crippen LogP contribution >= 0.6 is 0 Å². The third-order valence-electron chi connectivity index (χ3n) is 7.07. The maximum atomic E-state index is 12.7. The predicted molar refractivity (Wildman–Crippen MR) is 142 cm³/mol. The highest BCUT2D eigenvalue weighted by molar-refractivity contribution is 5.82. The molecular formula is C28H38N4O5. The molecule has 2 aromatic heterocycles. The molecule has 0 spiro atoms. The van der Waals surface area contributed by atoms with Crippen molar-refractivity contribution in [3.05, 3.63) is 51.9 Å². The number of aryl methyl sites for hydroxylation is 2. The molecule has 0 aliphatic heterocycles. The second-order valence-electron chi connectivity index (χ2n) is 10.2. The van der Waals surface area contributed by atoms with Crippen molar-refractivity contribution in [1.29, 1.82) is 0 Å². The van der Waals surface area contributed by atoms with Crippen molar-refractivity contribution < 1.29 is 19.4 Å². The van der Waals surface area contributed by atoms with Crippen LogP contribution in [0.15, 0.2) is 35.3 Å². The normalized spacial score (nSPS) is 16.7. The first-order chi connectivity index (χ1) is 17.7. The van der Waals surface area contributed by atoms with Gasteiger partial charge in [0.1, 0.15) is 18.0 Å². The summed E-state index contributed by atoms with van der Waals surface area (Å²) in [4.78, 5) is 29.9. The van der Waals surface area contributed by atoms with E-state index >= 15 is 0 Å². The van der Waals surface area contributed by atoms with Crippen LogP contribution in [-0.4, -0.2) is 57.2 Å². The van der Waals surface area contributed by atoms with Gasteiger partial charge >= 0.3 is 5.97 Å². The van der Waals surface area contributed by atoms with E-state index in [0.29, 0.717) is 18.7 Å². The van der Waals surface area contributed by atoms with Crippen LogP contribution in [0.2, 0.25) is 0 Å². The van der Waals surface area contributed by atoms with Crippen LogP contribution in [-0.2, 0) is 27.9 Å². The number of aliphatic hydroxyl groups is 1. The van der Waals surface area contributed by atoms with Crippen molar-refractivity contribution >= 4 is 17.0 Å². The van der Waals surface area contributed by atoms with Crippen LogP contribution in [0, 0.1) is 6.92 Å². The number of nitrogens with one attached hydrogen (secondary N) is 1. The molecule has 1 aromatic carbocycles. The molecule has 1 aliphatic carbocycles. The standard InChI is InChI=1S/C28H38N4O5/c1-17-12-21(15-31(4)27(17)34)26-30-23-13-20(10-11-24(23)32(26)18(2)16-36-5)14-29-25(19(3)33)28(35)37-22-8-6-7-9-22/h10-13,15,18-19,22,25,29,33H,6-9,14,16H2,1-5H3/t18-,19?,25?/m0/s1. The van der Waals surface area contributed by atoms with E-state index in [0.717, 1.165) is 53.7 Å². The fraction of sp³-hybridized carbons (Fsp3) is 0.536. The van der Waals surface area contributed by atoms with Gasteiger partial charge in [0.2, 0.25) is 0 Å². The van der Waals surface area contributed by atoms with Crippen molar-refractivity contribution in [2.45, 2.75) is 77.3 Å². The van der Waals surface area contributed by atoms with Crippen molar-refractivity contribution in [2.75, 3.05) is 13.7 Å². The van der Waals surface area contributed by atoms with Gasteiger partial charge in [-0.05, 0) is 70.2 Å². The predicted octanol–water partition coefficient (Wildman–Crippen LogP) is 3.24. The summed E-state index contributed by atoms with van der Waals surface area (Å²) in [7, 11) is 3.41. The lowest BCUT2D eigenvalue weighted by Crippen LogP contribution is -2.46. The highest BCUT2D eigenvalue weighted by Gasteiger charge is 2.28. The molecule has 3 atom stereocenters. The molecule has 0 amide bonds. The Bertz CT molecular complexity index is 1280. The third kappa shape index (κ3) is 5.95. The molecule has 3 aromatic rings. The van der Waals surface area contributed by atoms with Gasteiger partial charge in [-0.25, -0.2) is 4.98 Å². The number of aromatic nitrogens is 3. The topological polar surface area (TPSA) is 108 Å². The Morgan fingerprint density at radius 3 is 2.62 bits per heavy atom. The minimum Gasteiger partial charge on any atom is -0.461 e. The van der Waals surface area contributed by atoms with Crippen LogP contribution < -0.4 is 10.9 Å². The SMILES string of the molecule is COC[C@H](C)n1c(-c2cc(C)c(=O)n(C)c2)nc2cc(CNC(C(=O)OC3CCCC3)C(C)O)ccc21. The number of imidazole rings is 1. The van der Waals surface area contributed by atoms with Crippen LogP contribution in [0.4, 0.5) is 0 Å². The molecule has 1 aliphatic rings. The highest BCUT2D eigenvalue weighted by Crippen LogP contribution is 2.29. The van der Waals surface area contributed by atoms with Gasteiger partial charge in [-0.3, -0.25) is 14.9 Å². The number of aliphatic hydroxyl groups excluding tert-OH is 1. The lowest BCUT2D eigenvalue weighted by Gasteiger charge is -2.22. The number of pyridine rings is 1. The summed E-state index contributed by atoms with van der Waals surface area (Å²) >= 11 is 0. The molecule has 1 fully saturated rings. The highest BCUT2D eigenvalue weighted by atomic mass is 16.5. The van der Waals surface area contributed by atoms with Gasteiger partial charge in [0.25, 0.3) is 5.56 Å². The second kappa shape index (κ2) is 11.6. The second-order valence-corrected chi connectivity index (χ2v) is 10.2. The van der Waals surface area contributed by atoms with E-state index < -0.39 is 18.1 Å². The first kappa shape index (κ1) is 27.0. The molecule has 9 heteroatoms. The maximum absolute atomic E-state index is 12.7. The molecular weight excluding hydrogens is 472 g/mol. The van der Waals surface area contributed by atoms with Gasteiger partial charge in [-0.2, -0.15) is 0 Å². The summed E-state index contributed by atoms with van der Waals surface area (Å²) in [5.41, 5.74) is 4.13. The first-order valence-electron chi connectivity index (χ1n) is 13.0. The Kier molecular flexibility index (Phi) is 8.46. The zero-order valence-electron chi connectivity index (χ0n) is 22.4. The first-order valence-corrected chi connectivity index (χ1v) is 13.0. The summed E-state index contributed by atoms with van der Waals surface area (Å²) < 4.78 is 14.8. The van der Waals surface area contributed by atoms with Crippen molar-refractivity contribution in [2.24, 2.45) is 7.05 Å². The molecule has 0 radical (unpaired) electrons. The Balaban J connectivity index is 1.62. The smallest absolute Gasteiger partial charge is 0.326 e. The fourth-order valence-electron chi connectivity index (χ4n) is 5.14. The van der Waals surface area contributed by atoms with Crippen molar-refractivity contribution in [3.8, 4) is 11.4 Å². The van der Waals surface area contributed by atoms with E-state index in [1.165, 1.54) is 0 Å². The number of carbonyl (C=O) groups is 1. The molecule has 2 unspecified atom stereocenters. The Morgan fingerprint density at radius 2 is 1.97 bits per heavy atom. The Morgan fingerprint density at radius 1 is 1.24 bits per heavy atom. The number of benzene rings is 1. The van der Waals surface area contributed by atoms with E-state index in [-0.39, 0.29) is 17.7 Å². The molecule has 0 bridgehead atoms. The monoisotopic (exact) mass is 510 g/mol. The number of carbonyl (C=O) groups excluding carboxylic acids is 1. The number of nitrogens with zero attached hydrogens (tertiary/aromatic N) is 3. The molecule has 2 heterocycles. The van der Waals surface area contributed by atoms with E-state index in [2.05, 4.69) is 16.8 Å². The quantitative estimate of drug-likeness (QED) is 0.403. The van der Waals surface area contributed by atoms with Crippen molar-refractivity contribution in [3.63, 3.8) is 0 Å². The van der Waals surface area contributed by atoms with Crippen molar-refractivity contribution in [1.82, 2.24) is 19.4 Å². The minimum absolute atomic E-state index is 0.0106. The number of hydrogen-bond acceptors (Lipinski definition) is 7. The summed E-state index contributed by atoms with van der Waals surface area (Å²) in [5.74, 6) is 0.346. The molecule has 0 saturated heterocycles. The van der Waals surface area contributed by atoms with E-state index in [9.17, 15) is 14.7 Å². The van der Waals surface area contributed by atoms with Gasteiger partial charge in [-0.1, -0.05) is 6.07 Å². The lowest BCUT2D eigenvalue weighted by atomic mass is 10.1. The summed E-state index contributed by atoms with van der Waals surface area (Å²) in [6.07, 6.45) is 4.78. The van der Waals surface area contributed by atoms with Crippen LogP contribution in [0.3, 0.4) is 0 Å². The summed E-state index contributed by atoms with van der Waals surface area (Å²) in [6, 6.07) is 7.06. The summed E-state index contributed by atoms with van der Waals surface area (Å²) in [6.45, 7) is 6.35. The van der Waals surface area contributed by atoms with Crippen LogP contribution in [0.25, 0.3) is 22.4 Å². The molecule has 37 heavy (non-hydrogen) atoms. The largest absolute Gasteiger partial charge is 0.461 e. The van der Waals surface area contributed by atoms with E-state index in [1.54, 1.807) is 38.8 Å². The van der Waals surface area contributed by atoms with Gasteiger partial charge in [-0.15, -0.1) is 0 Å². The molecule has 4 rings (SSSR count). The van der Waals surface area contributed by atoms with Crippen LogP contribution in [0.1, 0.15) is 56.7 Å². The van der Waals surface area contributed by atoms with Gasteiger partial charge < -0.3 is 23.7 Å². The molecule has 9 nitrogen and oxygen atoms in total. The number of ether oxygens (including phenoxy) is 2. The Hall–Kier alpha value is -3.01. The van der Waals surface area contributed by atoms with Gasteiger partial charge in [0.15, 0.2) is 0 Å². The molecule has 1 saturated carbocycles. The number of methoxy groups -OCH3 is 1. The summed E-state index contributed by atoms with van der Waals surface area (Å²) in [5, 5.41) is 13.4. The lowest BCUT2D eigenvalue weighted by molar-refractivity contribution is -0.154. The number of hydrogen-bond donors (Lipinski definition) is 2. The maximum Gasteiger partial charge on any atom is 0.326 e. The third-order valence-corrected chi connectivity index (χ3v) is 7.07. The minimum atomic E-state index is -0.883. The van der Waals surface area contributed by atoms with Gasteiger partial charge in [0, 0.05) is 38.0 Å². The number of rotatable bonds is 10. The zero-order chi connectivity index (χ0) is 26.7. The number of fused-ring (bicyclic) bond motifs is 1. The Labute approximate surface area is 217 Å². The van der Waals surface area contributed by atoms with Gasteiger partial charge in [0.05, 0.1) is 29.8 Å². The zero-order valence-corrected chi connectivity index (χ0v) is 22.4. The van der Waals surface area contributed by atoms with E-state index in [1.807, 2.05) is 24.3 Å². The molecule has 200 valence electrons. The average Bonchev–Trinajstić information content (AvgIpc) is 3.49.